The van der Waals surface area contributed by atoms with E-state index in [1.165, 1.54) is 0 Å². The van der Waals surface area contributed by atoms with Crippen LogP contribution in [0.25, 0.3) is 0 Å². The number of pyridine rings is 1. The maximum atomic E-state index is 11.3. The van der Waals surface area contributed by atoms with Gasteiger partial charge in [0.1, 0.15) is 18.2 Å². The minimum atomic E-state index is -0.606. The van der Waals surface area contributed by atoms with E-state index in [9.17, 15) is 9.90 Å². The normalized spacial score (nSPS) is 10.1. The van der Waals surface area contributed by atoms with E-state index in [1.807, 2.05) is 0 Å². The van der Waals surface area contributed by atoms with Gasteiger partial charge in [0, 0.05) is 0 Å². The zero-order valence-electron chi connectivity index (χ0n) is 10.0. The molecule has 1 rings (SSSR count). The van der Waals surface area contributed by atoms with Gasteiger partial charge >= 0.3 is 6.09 Å². The molecule has 0 aliphatic carbocycles. The minimum absolute atomic E-state index is 0.141. The first-order chi connectivity index (χ1) is 7.97. The van der Waals surface area contributed by atoms with Crippen LogP contribution < -0.4 is 5.32 Å². The topological polar surface area (TPSA) is 71.5 Å². The van der Waals surface area contributed by atoms with Crippen LogP contribution in [-0.2, 0) is 4.74 Å². The highest BCUT2D eigenvalue weighted by atomic mass is 35.5. The molecule has 1 aromatic heterocycles. The van der Waals surface area contributed by atoms with Crippen LogP contribution in [0.5, 0.6) is 5.75 Å². The monoisotopic (exact) mass is 258 g/mol. The molecule has 2 N–H and O–H groups in total. The van der Waals surface area contributed by atoms with Crippen molar-refractivity contribution in [3.8, 4) is 5.75 Å². The van der Waals surface area contributed by atoms with E-state index in [0.29, 0.717) is 22.6 Å². The van der Waals surface area contributed by atoms with E-state index in [4.69, 9.17) is 16.3 Å². The van der Waals surface area contributed by atoms with Crippen molar-refractivity contribution in [1.29, 1.82) is 0 Å². The van der Waals surface area contributed by atoms with Gasteiger partial charge in [0.05, 0.1) is 11.6 Å². The second-order valence-electron chi connectivity index (χ2n) is 3.59. The Labute approximate surface area is 105 Å². The summed E-state index contributed by atoms with van der Waals surface area (Å²) >= 11 is 5.40. The summed E-state index contributed by atoms with van der Waals surface area (Å²) in [5.74, 6) is 0.771. The summed E-state index contributed by atoms with van der Waals surface area (Å²) in [5, 5.41) is 12.2. The van der Waals surface area contributed by atoms with Crippen molar-refractivity contribution in [1.82, 2.24) is 4.98 Å². The number of hydrogen-bond donors (Lipinski definition) is 2. The fourth-order valence-electron chi connectivity index (χ4n) is 1.32. The molecule has 17 heavy (non-hydrogen) atoms. The molecular formula is C11H15ClN2O3. The quantitative estimate of drug-likeness (QED) is 0.817. The first-order valence-electron chi connectivity index (χ1n) is 5.14. The molecule has 0 aliphatic heterocycles. The molecule has 0 saturated carbocycles. The molecule has 0 fully saturated rings. The van der Waals surface area contributed by atoms with Crippen LogP contribution >= 0.6 is 11.6 Å². The van der Waals surface area contributed by atoms with Crippen molar-refractivity contribution >= 4 is 23.5 Å². The summed E-state index contributed by atoms with van der Waals surface area (Å²) in [6.07, 6.45) is -0.606. The summed E-state index contributed by atoms with van der Waals surface area (Å²) in [7, 11) is 0. The zero-order valence-corrected chi connectivity index (χ0v) is 10.8. The number of alkyl halides is 1. The number of halogens is 1. The fourth-order valence-corrected chi connectivity index (χ4v) is 1.39. The molecule has 1 heterocycles. The van der Waals surface area contributed by atoms with Crippen LogP contribution in [0.3, 0.4) is 0 Å². The predicted octanol–water partition coefficient (Wildman–Crippen LogP) is 2.50. The Bertz CT molecular complexity index is 435. The molecule has 1 aromatic rings. The molecule has 94 valence electrons. The van der Waals surface area contributed by atoms with Gasteiger partial charge in [-0.15, -0.1) is 11.6 Å². The molecule has 5 nitrogen and oxygen atoms in total. The zero-order chi connectivity index (χ0) is 13.0. The molecule has 0 atom stereocenters. The third-order valence-electron chi connectivity index (χ3n) is 2.43. The lowest BCUT2D eigenvalue weighted by Gasteiger charge is -2.12. The number of anilines is 1. The van der Waals surface area contributed by atoms with E-state index in [2.05, 4.69) is 10.3 Å². The highest BCUT2D eigenvalue weighted by Crippen LogP contribution is 2.27. The highest BCUT2D eigenvalue weighted by molar-refractivity contribution is 6.18. The lowest BCUT2D eigenvalue weighted by Crippen LogP contribution is -2.17. The fraction of sp³-hybridized carbons (Fsp3) is 0.455. The summed E-state index contributed by atoms with van der Waals surface area (Å²) in [5.41, 5.74) is 1.85. The van der Waals surface area contributed by atoms with Gasteiger partial charge in [0.15, 0.2) is 0 Å². The lowest BCUT2D eigenvalue weighted by molar-refractivity contribution is 0.168. The summed E-state index contributed by atoms with van der Waals surface area (Å²) in [6.45, 7) is 5.33. The van der Waals surface area contributed by atoms with E-state index in [1.54, 1.807) is 20.8 Å². The smallest absolute Gasteiger partial charge is 0.412 e. The van der Waals surface area contributed by atoms with Gasteiger partial charge in [-0.1, -0.05) is 0 Å². The molecule has 0 aliphatic rings. The van der Waals surface area contributed by atoms with Gasteiger partial charge in [0.25, 0.3) is 0 Å². The second-order valence-corrected chi connectivity index (χ2v) is 3.97. The van der Waals surface area contributed by atoms with Gasteiger partial charge in [-0.05, 0) is 31.9 Å². The van der Waals surface area contributed by atoms with Crippen molar-refractivity contribution in [2.75, 3.05) is 17.8 Å². The van der Waals surface area contributed by atoms with Crippen molar-refractivity contribution in [2.24, 2.45) is 0 Å². The average Bonchev–Trinajstić information content (AvgIpc) is 2.30. The summed E-state index contributed by atoms with van der Waals surface area (Å²) < 4.78 is 4.78. The van der Waals surface area contributed by atoms with Crippen molar-refractivity contribution < 1.29 is 14.6 Å². The molecule has 1 amide bonds. The molecule has 0 saturated heterocycles. The predicted molar refractivity (Wildman–Crippen MR) is 65.8 cm³/mol. The SMILES string of the molecule is Cc1nc(NC(=O)OCCCl)c(C)c(C)c1O. The maximum Gasteiger partial charge on any atom is 0.412 e. The second kappa shape index (κ2) is 5.72. The minimum Gasteiger partial charge on any atom is -0.506 e. The third kappa shape index (κ3) is 3.23. The Morgan fingerprint density at radius 3 is 2.65 bits per heavy atom. The van der Waals surface area contributed by atoms with Crippen molar-refractivity contribution in [3.05, 3.63) is 16.8 Å². The number of carbonyl (C=O) groups is 1. The van der Waals surface area contributed by atoms with Crippen molar-refractivity contribution in [3.63, 3.8) is 0 Å². The van der Waals surface area contributed by atoms with Gasteiger partial charge in [-0.3, -0.25) is 5.32 Å². The Hall–Kier alpha value is -1.49. The average molecular weight is 259 g/mol. The van der Waals surface area contributed by atoms with Gasteiger partial charge in [-0.25, -0.2) is 9.78 Å². The molecule has 0 bridgehead atoms. The molecular weight excluding hydrogens is 244 g/mol. The van der Waals surface area contributed by atoms with Crippen molar-refractivity contribution in [2.45, 2.75) is 20.8 Å². The number of rotatable bonds is 3. The summed E-state index contributed by atoms with van der Waals surface area (Å²) in [4.78, 5) is 15.4. The standard InChI is InChI=1S/C11H15ClN2O3/c1-6-7(2)10(13-8(3)9(6)15)14-11(16)17-5-4-12/h15H,4-5H2,1-3H3,(H,13,14,16). The highest BCUT2D eigenvalue weighted by Gasteiger charge is 2.13. The third-order valence-corrected chi connectivity index (χ3v) is 2.58. The molecule has 0 spiro atoms. The van der Waals surface area contributed by atoms with Crippen LogP contribution in [0.1, 0.15) is 16.8 Å². The van der Waals surface area contributed by atoms with E-state index in [0.717, 1.165) is 0 Å². The number of amides is 1. The van der Waals surface area contributed by atoms with E-state index < -0.39 is 6.09 Å². The lowest BCUT2D eigenvalue weighted by atomic mass is 10.1. The number of carbonyl (C=O) groups excluding carboxylic acids is 1. The van der Waals surface area contributed by atoms with Crippen LogP contribution in [0.15, 0.2) is 0 Å². The molecule has 0 aromatic carbocycles. The first kappa shape index (κ1) is 13.6. The van der Waals surface area contributed by atoms with Crippen LogP contribution in [0, 0.1) is 20.8 Å². The Morgan fingerprint density at radius 2 is 2.06 bits per heavy atom. The van der Waals surface area contributed by atoms with Gasteiger partial charge < -0.3 is 9.84 Å². The number of nitrogens with one attached hydrogen (secondary N) is 1. The molecule has 6 heteroatoms. The number of nitrogens with zero attached hydrogens (tertiary/aromatic N) is 1. The van der Waals surface area contributed by atoms with Gasteiger partial charge in [-0.2, -0.15) is 0 Å². The maximum absolute atomic E-state index is 11.3. The molecule has 0 radical (unpaired) electrons. The first-order valence-corrected chi connectivity index (χ1v) is 5.67. The molecule has 0 unspecified atom stereocenters. The summed E-state index contributed by atoms with van der Waals surface area (Å²) in [6, 6.07) is 0. The number of aryl methyl sites for hydroxylation is 1. The largest absolute Gasteiger partial charge is 0.506 e. The number of aromatic nitrogens is 1. The Morgan fingerprint density at radius 1 is 1.41 bits per heavy atom. The number of hydrogen-bond acceptors (Lipinski definition) is 4. The van der Waals surface area contributed by atoms with Crippen LogP contribution in [0.2, 0.25) is 0 Å². The van der Waals surface area contributed by atoms with Crippen LogP contribution in [-0.4, -0.2) is 28.7 Å². The Balaban J connectivity index is 2.89. The number of aromatic hydroxyl groups is 1. The number of ether oxygens (including phenoxy) is 1. The van der Waals surface area contributed by atoms with Gasteiger partial charge in [0.2, 0.25) is 0 Å². The van der Waals surface area contributed by atoms with E-state index in [-0.39, 0.29) is 18.2 Å². The Kier molecular flexibility index (Phi) is 4.57. The van der Waals surface area contributed by atoms with Crippen LogP contribution in [0.4, 0.5) is 10.6 Å². The van der Waals surface area contributed by atoms with E-state index >= 15 is 0 Å².